The topological polar surface area (TPSA) is 102 Å². The van der Waals surface area contributed by atoms with Crippen LogP contribution in [0.4, 0.5) is 4.79 Å². The standard InChI is InChI=1S/C13H22N4O5/c1-9(15-21-3)11(16-22-4)12(18)17-7-5-10(6-8-17)14-13(19)20-2/h10H,5-8H2,1-4H3,(H,14,19)/b15-9+,16-11+. The Kier molecular flexibility index (Phi) is 7.14. The van der Waals surface area contributed by atoms with E-state index in [1.165, 1.54) is 21.3 Å². The number of ether oxygens (including phenoxy) is 1. The second kappa shape index (κ2) is 8.85. The van der Waals surface area contributed by atoms with E-state index >= 15 is 0 Å². The minimum atomic E-state index is -0.463. The lowest BCUT2D eigenvalue weighted by atomic mass is 10.0. The van der Waals surface area contributed by atoms with E-state index in [0.29, 0.717) is 31.6 Å². The molecule has 0 aliphatic carbocycles. The third kappa shape index (κ3) is 4.90. The first-order valence-electron chi connectivity index (χ1n) is 6.86. The number of likely N-dealkylation sites (tertiary alicyclic amines) is 1. The third-order valence-corrected chi connectivity index (χ3v) is 3.25. The number of alkyl carbamates (subject to hydrolysis) is 1. The van der Waals surface area contributed by atoms with Crippen molar-refractivity contribution in [2.75, 3.05) is 34.4 Å². The lowest BCUT2D eigenvalue weighted by Gasteiger charge is -2.32. The van der Waals surface area contributed by atoms with Crippen LogP contribution in [-0.2, 0) is 19.2 Å². The Morgan fingerprint density at radius 3 is 2.18 bits per heavy atom. The Hall–Kier alpha value is -2.32. The van der Waals surface area contributed by atoms with Crippen molar-refractivity contribution in [3.05, 3.63) is 0 Å². The lowest BCUT2D eigenvalue weighted by molar-refractivity contribution is -0.125. The van der Waals surface area contributed by atoms with Crippen LogP contribution in [0.25, 0.3) is 0 Å². The second-order valence-electron chi connectivity index (χ2n) is 4.68. The summed E-state index contributed by atoms with van der Waals surface area (Å²) in [6.07, 6.45) is 0.817. The van der Waals surface area contributed by atoms with Crippen LogP contribution in [0, 0.1) is 0 Å². The summed E-state index contributed by atoms with van der Waals surface area (Å²) < 4.78 is 4.56. The molecule has 1 N–H and O–H groups in total. The molecule has 0 bridgehead atoms. The molecule has 1 rings (SSSR count). The molecule has 1 aliphatic rings. The van der Waals surface area contributed by atoms with E-state index in [4.69, 9.17) is 4.84 Å². The zero-order valence-corrected chi connectivity index (χ0v) is 13.3. The number of methoxy groups -OCH3 is 1. The van der Waals surface area contributed by atoms with Gasteiger partial charge in [0.1, 0.15) is 19.9 Å². The normalized spacial score (nSPS) is 17.0. The minimum Gasteiger partial charge on any atom is -0.453 e. The Labute approximate surface area is 129 Å². The number of carbonyl (C=O) groups is 2. The Balaban J connectivity index is 2.65. The summed E-state index contributed by atoms with van der Waals surface area (Å²) in [6, 6.07) is -0.00643. The molecular weight excluding hydrogens is 292 g/mol. The van der Waals surface area contributed by atoms with E-state index < -0.39 is 6.09 Å². The molecule has 9 nitrogen and oxygen atoms in total. The molecule has 0 atom stereocenters. The van der Waals surface area contributed by atoms with Gasteiger partial charge in [0.25, 0.3) is 5.91 Å². The summed E-state index contributed by atoms with van der Waals surface area (Å²) in [5.41, 5.74) is 0.438. The summed E-state index contributed by atoms with van der Waals surface area (Å²) in [4.78, 5) is 34.6. The average Bonchev–Trinajstić information content (AvgIpc) is 2.52. The summed E-state index contributed by atoms with van der Waals surface area (Å²) in [5.74, 6) is -0.281. The van der Waals surface area contributed by atoms with Crippen LogP contribution >= 0.6 is 0 Å². The van der Waals surface area contributed by atoms with Gasteiger partial charge in [-0.15, -0.1) is 0 Å². The summed E-state index contributed by atoms with van der Waals surface area (Å²) in [5, 5.41) is 10.2. The highest BCUT2D eigenvalue weighted by Crippen LogP contribution is 2.11. The number of amides is 2. The maximum atomic E-state index is 12.5. The zero-order chi connectivity index (χ0) is 16.5. The van der Waals surface area contributed by atoms with Crippen molar-refractivity contribution in [3.63, 3.8) is 0 Å². The van der Waals surface area contributed by atoms with Crippen molar-refractivity contribution < 1.29 is 24.0 Å². The number of hydrogen-bond acceptors (Lipinski definition) is 7. The second-order valence-corrected chi connectivity index (χ2v) is 4.68. The number of nitrogens with zero attached hydrogens (tertiary/aromatic N) is 3. The maximum absolute atomic E-state index is 12.5. The minimum absolute atomic E-state index is 0.00643. The van der Waals surface area contributed by atoms with Gasteiger partial charge in [-0.1, -0.05) is 10.3 Å². The number of nitrogens with one attached hydrogen (secondary N) is 1. The molecule has 0 aromatic heterocycles. The average molecular weight is 314 g/mol. The first-order chi connectivity index (χ1) is 10.5. The SMILES string of the molecule is CO/N=C(C)/C(=N\OC)C(=O)N1CCC(NC(=O)OC)CC1. The van der Waals surface area contributed by atoms with Crippen molar-refractivity contribution in [1.82, 2.24) is 10.2 Å². The van der Waals surface area contributed by atoms with E-state index in [0.717, 1.165) is 0 Å². The van der Waals surface area contributed by atoms with Gasteiger partial charge in [0.05, 0.1) is 7.11 Å². The molecule has 1 aliphatic heterocycles. The van der Waals surface area contributed by atoms with Crippen LogP contribution in [0.3, 0.4) is 0 Å². The number of oxime groups is 2. The van der Waals surface area contributed by atoms with Crippen LogP contribution in [0.15, 0.2) is 10.3 Å². The van der Waals surface area contributed by atoms with Crippen LogP contribution in [0.2, 0.25) is 0 Å². The highest BCUT2D eigenvalue weighted by Gasteiger charge is 2.28. The summed E-state index contributed by atoms with van der Waals surface area (Å²) in [7, 11) is 4.07. The quantitative estimate of drug-likeness (QED) is 0.583. The number of piperidine rings is 1. The molecule has 1 fully saturated rings. The fourth-order valence-electron chi connectivity index (χ4n) is 2.13. The third-order valence-electron chi connectivity index (χ3n) is 3.25. The molecule has 9 heteroatoms. The fraction of sp³-hybridized carbons (Fsp3) is 0.692. The number of rotatable bonds is 5. The van der Waals surface area contributed by atoms with Gasteiger partial charge in [-0.3, -0.25) is 4.79 Å². The molecule has 1 saturated heterocycles. The van der Waals surface area contributed by atoms with Gasteiger partial charge in [-0.2, -0.15) is 0 Å². The molecule has 0 aromatic carbocycles. The van der Waals surface area contributed by atoms with Gasteiger partial charge in [-0.05, 0) is 19.8 Å². The van der Waals surface area contributed by atoms with E-state index in [1.807, 2.05) is 0 Å². The Bertz CT molecular complexity index is 455. The van der Waals surface area contributed by atoms with E-state index in [1.54, 1.807) is 11.8 Å². The van der Waals surface area contributed by atoms with Crippen LogP contribution in [0.1, 0.15) is 19.8 Å². The fourth-order valence-corrected chi connectivity index (χ4v) is 2.13. The predicted octanol–water partition coefficient (Wildman–Crippen LogP) is 0.358. The molecule has 2 amide bonds. The van der Waals surface area contributed by atoms with Gasteiger partial charge in [0.2, 0.25) is 0 Å². The van der Waals surface area contributed by atoms with Crippen molar-refractivity contribution in [3.8, 4) is 0 Å². The van der Waals surface area contributed by atoms with E-state index in [9.17, 15) is 9.59 Å². The van der Waals surface area contributed by atoms with Crippen molar-refractivity contribution in [2.45, 2.75) is 25.8 Å². The van der Waals surface area contributed by atoms with Crippen molar-refractivity contribution >= 4 is 23.4 Å². The highest BCUT2D eigenvalue weighted by atomic mass is 16.6. The predicted molar refractivity (Wildman–Crippen MR) is 79.7 cm³/mol. The lowest BCUT2D eigenvalue weighted by Crippen LogP contribution is -2.49. The van der Waals surface area contributed by atoms with Crippen LogP contribution in [-0.4, -0.2) is 68.8 Å². The van der Waals surface area contributed by atoms with Gasteiger partial charge in [0.15, 0.2) is 5.71 Å². The first-order valence-corrected chi connectivity index (χ1v) is 6.86. The first kappa shape index (κ1) is 17.7. The van der Waals surface area contributed by atoms with Gasteiger partial charge in [-0.25, -0.2) is 4.79 Å². The molecule has 124 valence electrons. The van der Waals surface area contributed by atoms with E-state index in [-0.39, 0.29) is 17.7 Å². The molecule has 0 aromatic rings. The molecule has 0 saturated carbocycles. The smallest absolute Gasteiger partial charge is 0.407 e. The number of hydrogen-bond donors (Lipinski definition) is 1. The largest absolute Gasteiger partial charge is 0.453 e. The summed E-state index contributed by atoms with van der Waals surface area (Å²) in [6.45, 7) is 2.61. The Morgan fingerprint density at radius 1 is 1.09 bits per heavy atom. The van der Waals surface area contributed by atoms with Gasteiger partial charge >= 0.3 is 6.09 Å². The van der Waals surface area contributed by atoms with Crippen LogP contribution < -0.4 is 5.32 Å². The summed E-state index contributed by atoms with van der Waals surface area (Å²) >= 11 is 0. The molecule has 22 heavy (non-hydrogen) atoms. The molecule has 0 unspecified atom stereocenters. The van der Waals surface area contributed by atoms with E-state index in [2.05, 4.69) is 25.2 Å². The van der Waals surface area contributed by atoms with Gasteiger partial charge < -0.3 is 24.6 Å². The molecule has 1 heterocycles. The van der Waals surface area contributed by atoms with Crippen LogP contribution in [0.5, 0.6) is 0 Å². The Morgan fingerprint density at radius 2 is 1.68 bits per heavy atom. The van der Waals surface area contributed by atoms with Crippen molar-refractivity contribution in [1.29, 1.82) is 0 Å². The maximum Gasteiger partial charge on any atom is 0.407 e. The van der Waals surface area contributed by atoms with Gasteiger partial charge in [0, 0.05) is 19.1 Å². The molecule has 0 spiro atoms. The molecule has 0 radical (unpaired) electrons. The number of carbonyl (C=O) groups excluding carboxylic acids is 2. The zero-order valence-electron chi connectivity index (χ0n) is 13.3. The monoisotopic (exact) mass is 314 g/mol. The molecular formula is C13H22N4O5. The highest BCUT2D eigenvalue weighted by molar-refractivity contribution is 6.66. The van der Waals surface area contributed by atoms with Crippen molar-refractivity contribution in [2.24, 2.45) is 10.3 Å².